The number of ether oxygens (including phenoxy) is 1. The second-order valence-electron chi connectivity index (χ2n) is 3.34. The number of hydrogen-bond acceptors (Lipinski definition) is 2. The van der Waals surface area contributed by atoms with Gasteiger partial charge in [-0.15, -0.1) is 0 Å². The van der Waals surface area contributed by atoms with Crippen molar-refractivity contribution >= 4 is 59.1 Å². The molecule has 0 aliphatic carbocycles. The molecule has 0 aliphatic rings. The molecule has 0 saturated heterocycles. The first kappa shape index (κ1) is 18.7. The average molecular weight is 180 g/mol. The van der Waals surface area contributed by atoms with Crippen LogP contribution in [0.1, 0.15) is 20.8 Å². The number of rotatable bonds is 3. The van der Waals surface area contributed by atoms with E-state index >= 15 is 0 Å². The van der Waals surface area contributed by atoms with E-state index in [0.717, 1.165) is 0 Å². The summed E-state index contributed by atoms with van der Waals surface area (Å²) in [6.45, 7) is 7.60. The van der Waals surface area contributed by atoms with Gasteiger partial charge in [-0.05, 0) is 5.41 Å². The molecule has 0 aromatic heterocycles. The Labute approximate surface area is 114 Å². The first-order valence-electron chi connectivity index (χ1n) is 3.25. The summed E-state index contributed by atoms with van der Waals surface area (Å²) in [6, 6.07) is 0. The summed E-state index contributed by atoms with van der Waals surface area (Å²) in [6.07, 6.45) is 0. The third-order valence-corrected chi connectivity index (χ3v) is 0.771. The fourth-order valence-electron chi connectivity index (χ4n) is 0.443. The molecule has 0 amide bonds. The molecule has 2 nitrogen and oxygen atoms in total. The van der Waals surface area contributed by atoms with Gasteiger partial charge in [0.2, 0.25) is 0 Å². The second kappa shape index (κ2) is 10.0. The van der Waals surface area contributed by atoms with Crippen molar-refractivity contribution in [2.75, 3.05) is 19.8 Å². The number of aliphatic hydroxyl groups is 1. The van der Waals surface area contributed by atoms with Crippen molar-refractivity contribution in [3.8, 4) is 0 Å². The van der Waals surface area contributed by atoms with Crippen molar-refractivity contribution in [3.63, 3.8) is 0 Å². The fourth-order valence-corrected chi connectivity index (χ4v) is 0.443. The van der Waals surface area contributed by atoms with Crippen LogP contribution in [0.25, 0.3) is 0 Å². The van der Waals surface area contributed by atoms with Crippen molar-refractivity contribution in [2.24, 2.45) is 5.41 Å². The van der Waals surface area contributed by atoms with Crippen LogP contribution in [0.5, 0.6) is 0 Å². The predicted molar refractivity (Wildman–Crippen MR) is 51.7 cm³/mol. The van der Waals surface area contributed by atoms with Crippen LogP contribution < -0.4 is 0 Å². The summed E-state index contributed by atoms with van der Waals surface area (Å²) in [7, 11) is 0. The molecular formula is C7H18Na2O2. The molecular weight excluding hydrogens is 162 g/mol. The van der Waals surface area contributed by atoms with E-state index in [4.69, 9.17) is 9.84 Å². The van der Waals surface area contributed by atoms with Gasteiger partial charge in [0.05, 0.1) is 19.8 Å². The summed E-state index contributed by atoms with van der Waals surface area (Å²) in [5.41, 5.74) is 0.217. The SMILES string of the molecule is CC(C)(C)COCCO.[NaH].[NaH]. The normalized spacial score (nSPS) is 9.82. The van der Waals surface area contributed by atoms with Gasteiger partial charge in [0, 0.05) is 0 Å². The van der Waals surface area contributed by atoms with Crippen LogP contribution in [0.3, 0.4) is 0 Å². The molecule has 0 aromatic carbocycles. The molecule has 0 radical (unpaired) electrons. The Morgan fingerprint density at radius 3 is 1.91 bits per heavy atom. The van der Waals surface area contributed by atoms with E-state index in [1.807, 2.05) is 0 Å². The van der Waals surface area contributed by atoms with E-state index in [1.165, 1.54) is 0 Å². The molecule has 60 valence electrons. The van der Waals surface area contributed by atoms with E-state index < -0.39 is 0 Å². The molecule has 0 heterocycles. The van der Waals surface area contributed by atoms with Crippen LogP contribution in [-0.2, 0) is 4.74 Å². The third-order valence-electron chi connectivity index (χ3n) is 0.771. The quantitative estimate of drug-likeness (QED) is 0.479. The molecule has 0 rings (SSSR count). The Morgan fingerprint density at radius 1 is 1.18 bits per heavy atom. The van der Waals surface area contributed by atoms with Crippen LogP contribution >= 0.6 is 0 Å². The minimum atomic E-state index is 0. The van der Waals surface area contributed by atoms with Gasteiger partial charge in [0.1, 0.15) is 0 Å². The fraction of sp³-hybridized carbons (Fsp3) is 1.00. The molecule has 0 bridgehead atoms. The van der Waals surface area contributed by atoms with Gasteiger partial charge in [0.25, 0.3) is 0 Å². The first-order valence-corrected chi connectivity index (χ1v) is 3.25. The summed E-state index contributed by atoms with van der Waals surface area (Å²) < 4.78 is 5.10. The Hall–Kier alpha value is 1.92. The molecule has 0 spiro atoms. The van der Waals surface area contributed by atoms with E-state index in [-0.39, 0.29) is 71.1 Å². The Bertz CT molecular complexity index is 71.3. The molecule has 0 fully saturated rings. The third kappa shape index (κ3) is 18.7. The van der Waals surface area contributed by atoms with Crippen LogP contribution in [0.2, 0.25) is 0 Å². The zero-order chi connectivity index (χ0) is 7.33. The van der Waals surface area contributed by atoms with E-state index in [0.29, 0.717) is 13.2 Å². The molecule has 0 atom stereocenters. The van der Waals surface area contributed by atoms with Gasteiger partial charge < -0.3 is 9.84 Å². The minimum absolute atomic E-state index is 0. The van der Waals surface area contributed by atoms with Crippen LogP contribution in [0.4, 0.5) is 0 Å². The second-order valence-corrected chi connectivity index (χ2v) is 3.34. The van der Waals surface area contributed by atoms with Crippen molar-refractivity contribution in [1.29, 1.82) is 0 Å². The summed E-state index contributed by atoms with van der Waals surface area (Å²) >= 11 is 0. The summed E-state index contributed by atoms with van der Waals surface area (Å²) in [5.74, 6) is 0. The van der Waals surface area contributed by atoms with Gasteiger partial charge in [-0.2, -0.15) is 0 Å². The van der Waals surface area contributed by atoms with Crippen LogP contribution in [0, 0.1) is 5.41 Å². The molecule has 0 saturated carbocycles. The maximum absolute atomic E-state index is 8.34. The molecule has 0 aliphatic heterocycles. The van der Waals surface area contributed by atoms with Crippen molar-refractivity contribution < 1.29 is 9.84 Å². The van der Waals surface area contributed by atoms with Crippen molar-refractivity contribution in [3.05, 3.63) is 0 Å². The standard InChI is InChI=1S/C7H16O2.2Na.2H/c1-7(2,3)6-9-5-4-8;;;;/h8H,4-6H2,1-3H3;;;;. The van der Waals surface area contributed by atoms with E-state index in [1.54, 1.807) is 0 Å². The Balaban J connectivity index is -0.000000320. The van der Waals surface area contributed by atoms with Crippen molar-refractivity contribution in [1.82, 2.24) is 0 Å². The van der Waals surface area contributed by atoms with Gasteiger partial charge in [-0.25, -0.2) is 0 Å². The van der Waals surface area contributed by atoms with Crippen molar-refractivity contribution in [2.45, 2.75) is 20.8 Å². The van der Waals surface area contributed by atoms with E-state index in [2.05, 4.69) is 20.8 Å². The zero-order valence-electron chi connectivity index (χ0n) is 6.48. The van der Waals surface area contributed by atoms with Gasteiger partial charge in [-0.3, -0.25) is 0 Å². The monoisotopic (exact) mass is 180 g/mol. The molecule has 4 heteroatoms. The van der Waals surface area contributed by atoms with Gasteiger partial charge in [-0.1, -0.05) is 20.8 Å². The van der Waals surface area contributed by atoms with E-state index in [9.17, 15) is 0 Å². The summed E-state index contributed by atoms with van der Waals surface area (Å²) in [5, 5.41) is 8.34. The molecule has 0 unspecified atom stereocenters. The van der Waals surface area contributed by atoms with Gasteiger partial charge >= 0.3 is 59.1 Å². The molecule has 0 aromatic rings. The average Bonchev–Trinajstić information content (AvgIpc) is 1.63. The van der Waals surface area contributed by atoms with Gasteiger partial charge in [0.15, 0.2) is 0 Å². The maximum atomic E-state index is 8.34. The molecule has 1 N–H and O–H groups in total. The zero-order valence-corrected chi connectivity index (χ0v) is 6.48. The Morgan fingerprint density at radius 2 is 1.64 bits per heavy atom. The van der Waals surface area contributed by atoms with Crippen LogP contribution in [-0.4, -0.2) is 84.0 Å². The summed E-state index contributed by atoms with van der Waals surface area (Å²) in [4.78, 5) is 0. The Kier molecular flexibility index (Phi) is 17.0. The first-order chi connectivity index (χ1) is 4.06. The molecule has 11 heavy (non-hydrogen) atoms. The topological polar surface area (TPSA) is 29.5 Å². The van der Waals surface area contributed by atoms with Crippen LogP contribution in [0.15, 0.2) is 0 Å². The number of aliphatic hydroxyl groups excluding tert-OH is 1. The predicted octanol–water partition coefficient (Wildman–Crippen LogP) is -0.256. The number of hydrogen-bond donors (Lipinski definition) is 1.